The number of hydrogen-bond donors (Lipinski definition) is 1. The van der Waals surface area contributed by atoms with Crippen molar-refractivity contribution >= 4 is 11.4 Å². The van der Waals surface area contributed by atoms with Crippen LogP contribution < -0.4 is 10.2 Å². The van der Waals surface area contributed by atoms with Gasteiger partial charge in [-0.15, -0.1) is 0 Å². The second-order valence-electron chi connectivity index (χ2n) is 4.36. The van der Waals surface area contributed by atoms with Crippen molar-refractivity contribution in [3.8, 4) is 5.75 Å². The third-order valence-corrected chi connectivity index (χ3v) is 2.98. The Hall–Kier alpha value is -2.29. The minimum Gasteiger partial charge on any atom is -0.497 e. The zero-order valence-electron chi connectivity index (χ0n) is 11.5. The number of nitrogens with one attached hydrogen (secondary N) is 1. The topological polar surface area (TPSA) is 33.6 Å². The van der Waals surface area contributed by atoms with Gasteiger partial charge in [-0.25, -0.2) is 0 Å². The number of para-hydroxylation sites is 1. The smallest absolute Gasteiger partial charge is 0.119 e. The molecular formula is C16H18N2O. The Bertz CT molecular complexity index is 591. The fourth-order valence-electron chi connectivity index (χ4n) is 1.76. The Kier molecular flexibility index (Phi) is 4.18. The van der Waals surface area contributed by atoms with Crippen LogP contribution in [-0.4, -0.2) is 12.8 Å². The largest absolute Gasteiger partial charge is 0.497 e. The highest BCUT2D eigenvalue weighted by molar-refractivity contribution is 5.99. The molecule has 19 heavy (non-hydrogen) atoms. The van der Waals surface area contributed by atoms with Gasteiger partial charge in [0.15, 0.2) is 0 Å². The van der Waals surface area contributed by atoms with Gasteiger partial charge < -0.3 is 4.74 Å². The molecule has 0 aliphatic rings. The van der Waals surface area contributed by atoms with Gasteiger partial charge in [0.1, 0.15) is 5.75 Å². The van der Waals surface area contributed by atoms with E-state index in [1.165, 1.54) is 5.56 Å². The maximum Gasteiger partial charge on any atom is 0.119 e. The van der Waals surface area contributed by atoms with Gasteiger partial charge in [-0.1, -0.05) is 30.3 Å². The molecule has 2 rings (SSSR count). The molecule has 0 aromatic heterocycles. The molecule has 3 nitrogen and oxygen atoms in total. The van der Waals surface area contributed by atoms with Crippen LogP contribution in [0.1, 0.15) is 18.1 Å². The van der Waals surface area contributed by atoms with Crippen molar-refractivity contribution in [2.24, 2.45) is 5.10 Å². The van der Waals surface area contributed by atoms with Crippen molar-refractivity contribution < 1.29 is 4.74 Å². The first kappa shape index (κ1) is 13.1. The fraction of sp³-hybridized carbons (Fsp3) is 0.188. The summed E-state index contributed by atoms with van der Waals surface area (Å²) in [5.74, 6) is 0.836. The van der Waals surface area contributed by atoms with E-state index in [1.807, 2.05) is 49.4 Å². The standard InChI is InChI=1S/C16H18N2O/c1-12-7-4-5-10-16(12)18-17-13(2)14-8-6-9-15(11-14)19-3/h4-11,18H,1-3H3/b17-13-. The van der Waals surface area contributed by atoms with Crippen molar-refractivity contribution in [2.75, 3.05) is 12.5 Å². The first-order chi connectivity index (χ1) is 9.20. The van der Waals surface area contributed by atoms with Crippen LogP contribution in [0.25, 0.3) is 0 Å². The van der Waals surface area contributed by atoms with E-state index in [4.69, 9.17) is 4.74 Å². The van der Waals surface area contributed by atoms with Gasteiger partial charge in [0.25, 0.3) is 0 Å². The van der Waals surface area contributed by atoms with Gasteiger partial charge in [-0.3, -0.25) is 5.43 Å². The van der Waals surface area contributed by atoms with Crippen molar-refractivity contribution in [1.29, 1.82) is 0 Å². The molecular weight excluding hydrogens is 236 g/mol. The van der Waals surface area contributed by atoms with Crippen molar-refractivity contribution in [3.05, 3.63) is 59.7 Å². The average Bonchev–Trinajstić information content (AvgIpc) is 2.46. The van der Waals surface area contributed by atoms with Crippen LogP contribution >= 0.6 is 0 Å². The van der Waals surface area contributed by atoms with E-state index in [9.17, 15) is 0 Å². The molecule has 0 bridgehead atoms. The molecule has 2 aromatic carbocycles. The SMILES string of the molecule is COc1cccc(/C(C)=N\Nc2ccccc2C)c1. The van der Waals surface area contributed by atoms with Gasteiger partial charge >= 0.3 is 0 Å². The Morgan fingerprint density at radius 1 is 1.11 bits per heavy atom. The lowest BCUT2D eigenvalue weighted by molar-refractivity contribution is 0.414. The zero-order valence-corrected chi connectivity index (χ0v) is 11.5. The Labute approximate surface area is 113 Å². The van der Waals surface area contributed by atoms with Crippen LogP contribution in [0.4, 0.5) is 5.69 Å². The molecule has 0 spiro atoms. The van der Waals surface area contributed by atoms with Crippen molar-refractivity contribution in [3.63, 3.8) is 0 Å². The van der Waals surface area contributed by atoms with Gasteiger partial charge in [0.05, 0.1) is 18.5 Å². The molecule has 0 aliphatic carbocycles. The zero-order chi connectivity index (χ0) is 13.7. The third kappa shape index (κ3) is 3.35. The maximum atomic E-state index is 5.21. The minimum atomic E-state index is 0.836. The normalized spacial score (nSPS) is 11.2. The van der Waals surface area contributed by atoms with Crippen LogP contribution in [0.5, 0.6) is 5.75 Å². The van der Waals surface area contributed by atoms with E-state index in [-0.39, 0.29) is 0 Å². The van der Waals surface area contributed by atoms with Gasteiger partial charge in [-0.2, -0.15) is 5.10 Å². The summed E-state index contributed by atoms with van der Waals surface area (Å²) in [5.41, 5.74) is 7.25. The fourth-order valence-corrected chi connectivity index (χ4v) is 1.76. The van der Waals surface area contributed by atoms with Gasteiger partial charge in [-0.05, 0) is 37.6 Å². The number of ether oxygens (including phenoxy) is 1. The number of rotatable bonds is 4. The van der Waals surface area contributed by atoms with E-state index in [2.05, 4.69) is 23.5 Å². The van der Waals surface area contributed by atoms with Crippen LogP contribution in [-0.2, 0) is 0 Å². The molecule has 2 aromatic rings. The maximum absolute atomic E-state index is 5.21. The number of aryl methyl sites for hydroxylation is 1. The number of methoxy groups -OCH3 is 1. The van der Waals surface area contributed by atoms with Crippen LogP contribution in [0.2, 0.25) is 0 Å². The van der Waals surface area contributed by atoms with E-state index >= 15 is 0 Å². The summed E-state index contributed by atoms with van der Waals surface area (Å²) in [4.78, 5) is 0. The number of hydrogen-bond acceptors (Lipinski definition) is 3. The molecule has 0 amide bonds. The highest BCUT2D eigenvalue weighted by Gasteiger charge is 2.00. The number of nitrogens with zero attached hydrogens (tertiary/aromatic N) is 1. The number of benzene rings is 2. The molecule has 0 saturated heterocycles. The Morgan fingerprint density at radius 3 is 2.63 bits per heavy atom. The average molecular weight is 254 g/mol. The molecule has 0 radical (unpaired) electrons. The van der Waals surface area contributed by atoms with Crippen LogP contribution in [0.3, 0.4) is 0 Å². The molecule has 0 aliphatic heterocycles. The molecule has 0 heterocycles. The van der Waals surface area contributed by atoms with Crippen LogP contribution in [0.15, 0.2) is 53.6 Å². The summed E-state index contributed by atoms with van der Waals surface area (Å²) >= 11 is 0. The number of hydrazone groups is 1. The predicted octanol–water partition coefficient (Wildman–Crippen LogP) is 3.84. The summed E-state index contributed by atoms with van der Waals surface area (Å²) in [5, 5.41) is 4.41. The molecule has 0 unspecified atom stereocenters. The minimum absolute atomic E-state index is 0.836. The van der Waals surface area contributed by atoms with E-state index in [0.29, 0.717) is 0 Å². The Balaban J connectivity index is 2.17. The summed E-state index contributed by atoms with van der Waals surface area (Å²) < 4.78 is 5.21. The monoisotopic (exact) mass is 254 g/mol. The summed E-state index contributed by atoms with van der Waals surface area (Å²) in [6.07, 6.45) is 0. The first-order valence-electron chi connectivity index (χ1n) is 6.21. The van der Waals surface area contributed by atoms with Gasteiger partial charge in [0.2, 0.25) is 0 Å². The molecule has 0 atom stereocenters. The first-order valence-corrected chi connectivity index (χ1v) is 6.21. The molecule has 98 valence electrons. The lowest BCUT2D eigenvalue weighted by Gasteiger charge is -2.07. The lowest BCUT2D eigenvalue weighted by Crippen LogP contribution is -2.00. The predicted molar refractivity (Wildman–Crippen MR) is 80.0 cm³/mol. The molecule has 0 fully saturated rings. The summed E-state index contributed by atoms with van der Waals surface area (Å²) in [7, 11) is 1.66. The second kappa shape index (κ2) is 6.05. The third-order valence-electron chi connectivity index (χ3n) is 2.98. The van der Waals surface area contributed by atoms with E-state index in [1.54, 1.807) is 7.11 Å². The highest BCUT2D eigenvalue weighted by atomic mass is 16.5. The molecule has 3 heteroatoms. The summed E-state index contributed by atoms with van der Waals surface area (Å²) in [6.45, 7) is 4.03. The van der Waals surface area contributed by atoms with Crippen LogP contribution in [0, 0.1) is 6.92 Å². The number of anilines is 1. The highest BCUT2D eigenvalue weighted by Crippen LogP contribution is 2.15. The van der Waals surface area contributed by atoms with E-state index < -0.39 is 0 Å². The molecule has 1 N–H and O–H groups in total. The van der Waals surface area contributed by atoms with Crippen molar-refractivity contribution in [2.45, 2.75) is 13.8 Å². The Morgan fingerprint density at radius 2 is 1.89 bits per heavy atom. The summed E-state index contributed by atoms with van der Waals surface area (Å²) in [6, 6.07) is 15.9. The lowest BCUT2D eigenvalue weighted by atomic mass is 10.1. The van der Waals surface area contributed by atoms with Gasteiger partial charge in [0, 0.05) is 5.56 Å². The quantitative estimate of drug-likeness (QED) is 0.664. The second-order valence-corrected chi connectivity index (χ2v) is 4.36. The van der Waals surface area contributed by atoms with Crippen molar-refractivity contribution in [1.82, 2.24) is 0 Å². The molecule has 0 saturated carbocycles. The van der Waals surface area contributed by atoms with E-state index in [0.717, 1.165) is 22.7 Å².